The molecule has 5 nitrogen and oxygen atoms in total. The van der Waals surface area contributed by atoms with Crippen molar-refractivity contribution in [1.82, 2.24) is 5.16 Å². The Bertz CT molecular complexity index is 680. The third kappa shape index (κ3) is 2.74. The summed E-state index contributed by atoms with van der Waals surface area (Å²) in [6.45, 7) is 0. The van der Waals surface area contributed by atoms with Crippen molar-refractivity contribution in [1.29, 1.82) is 0 Å². The summed E-state index contributed by atoms with van der Waals surface area (Å²) in [4.78, 5) is 11.3. The average Bonchev–Trinajstić information content (AvgIpc) is 2.82. The predicted octanol–water partition coefficient (Wildman–Crippen LogP) is 3.72. The predicted molar refractivity (Wildman–Crippen MR) is 80.8 cm³/mol. The van der Waals surface area contributed by atoms with Crippen LogP contribution < -0.4 is 0 Å². The standard InChI is InChI=1S/C16H16ClNO4/c1-21-12-7-4-10(16(19)20)8-13-14(12)15(18-22-13)9-2-5-11(17)6-3-9/h2-3,5-6,10,12H,4,7-8H2,1H3,(H,19,20)/t10-,12-/m1/s1. The molecule has 0 fully saturated rings. The second-order valence-electron chi connectivity index (χ2n) is 5.42. The number of rotatable bonds is 3. The summed E-state index contributed by atoms with van der Waals surface area (Å²) < 4.78 is 11.0. The molecule has 1 N–H and O–H groups in total. The van der Waals surface area contributed by atoms with Crippen molar-refractivity contribution < 1.29 is 19.2 Å². The van der Waals surface area contributed by atoms with E-state index in [2.05, 4.69) is 5.16 Å². The summed E-state index contributed by atoms with van der Waals surface area (Å²) in [5.74, 6) is -0.682. The van der Waals surface area contributed by atoms with Gasteiger partial charge in [-0.3, -0.25) is 4.79 Å². The van der Waals surface area contributed by atoms with Crippen LogP contribution in [0.3, 0.4) is 0 Å². The average molecular weight is 322 g/mol. The van der Waals surface area contributed by atoms with E-state index in [9.17, 15) is 9.90 Å². The highest BCUT2D eigenvalue weighted by Crippen LogP contribution is 2.39. The number of nitrogens with zero attached hydrogens (tertiary/aromatic N) is 1. The molecule has 1 aliphatic carbocycles. The zero-order valence-electron chi connectivity index (χ0n) is 12.1. The Hall–Kier alpha value is -1.85. The molecule has 0 saturated carbocycles. The Morgan fingerprint density at radius 2 is 2.09 bits per heavy atom. The smallest absolute Gasteiger partial charge is 0.306 e. The van der Waals surface area contributed by atoms with Gasteiger partial charge in [0.2, 0.25) is 0 Å². The van der Waals surface area contributed by atoms with Crippen LogP contribution in [0.15, 0.2) is 28.8 Å². The monoisotopic (exact) mass is 321 g/mol. The van der Waals surface area contributed by atoms with Gasteiger partial charge < -0.3 is 14.4 Å². The zero-order valence-corrected chi connectivity index (χ0v) is 12.8. The molecule has 0 amide bonds. The lowest BCUT2D eigenvalue weighted by Gasteiger charge is -2.14. The van der Waals surface area contributed by atoms with Crippen LogP contribution in [0.1, 0.15) is 30.3 Å². The molecule has 1 aromatic carbocycles. The maximum atomic E-state index is 11.3. The maximum absolute atomic E-state index is 11.3. The van der Waals surface area contributed by atoms with Crippen LogP contribution in [0.25, 0.3) is 11.3 Å². The molecular weight excluding hydrogens is 306 g/mol. The van der Waals surface area contributed by atoms with Crippen LogP contribution in [0.2, 0.25) is 5.02 Å². The van der Waals surface area contributed by atoms with Crippen LogP contribution in [0.4, 0.5) is 0 Å². The lowest BCUT2D eigenvalue weighted by atomic mass is 10.0. The minimum absolute atomic E-state index is 0.212. The number of aromatic nitrogens is 1. The highest BCUT2D eigenvalue weighted by molar-refractivity contribution is 6.30. The van der Waals surface area contributed by atoms with Crippen LogP contribution in [0.5, 0.6) is 0 Å². The molecule has 6 heteroatoms. The van der Waals surface area contributed by atoms with Gasteiger partial charge in [-0.05, 0) is 25.0 Å². The van der Waals surface area contributed by atoms with E-state index in [1.807, 2.05) is 12.1 Å². The molecule has 2 atom stereocenters. The summed E-state index contributed by atoms with van der Waals surface area (Å²) in [5.41, 5.74) is 2.43. The number of carboxylic acid groups (broad SMARTS) is 1. The number of aliphatic carboxylic acids is 1. The Kier molecular flexibility index (Phi) is 4.18. The van der Waals surface area contributed by atoms with Gasteiger partial charge in [0, 0.05) is 24.1 Å². The van der Waals surface area contributed by atoms with E-state index in [0.717, 1.165) is 11.1 Å². The van der Waals surface area contributed by atoms with E-state index in [0.29, 0.717) is 35.7 Å². The molecule has 2 aromatic rings. The first-order valence-corrected chi connectivity index (χ1v) is 7.48. The van der Waals surface area contributed by atoms with E-state index in [4.69, 9.17) is 20.9 Å². The highest BCUT2D eigenvalue weighted by Gasteiger charge is 2.33. The normalized spacial score (nSPS) is 21.2. The fraction of sp³-hybridized carbons (Fsp3) is 0.375. The topological polar surface area (TPSA) is 72.6 Å². The summed E-state index contributed by atoms with van der Waals surface area (Å²) in [7, 11) is 1.62. The first-order valence-electron chi connectivity index (χ1n) is 7.10. The quantitative estimate of drug-likeness (QED) is 0.872. The lowest BCUT2D eigenvalue weighted by Crippen LogP contribution is -2.15. The van der Waals surface area contributed by atoms with Crippen LogP contribution in [-0.2, 0) is 16.0 Å². The Balaban J connectivity index is 2.05. The van der Waals surface area contributed by atoms with Crippen molar-refractivity contribution in [2.75, 3.05) is 7.11 Å². The molecule has 0 aliphatic heterocycles. The third-order valence-corrected chi connectivity index (χ3v) is 4.34. The van der Waals surface area contributed by atoms with Gasteiger partial charge in [-0.15, -0.1) is 0 Å². The fourth-order valence-electron chi connectivity index (χ4n) is 2.90. The van der Waals surface area contributed by atoms with Crippen molar-refractivity contribution in [3.8, 4) is 11.3 Å². The number of carboxylic acids is 1. The van der Waals surface area contributed by atoms with Crippen molar-refractivity contribution in [3.63, 3.8) is 0 Å². The van der Waals surface area contributed by atoms with Gasteiger partial charge in [0.1, 0.15) is 11.5 Å². The molecule has 22 heavy (non-hydrogen) atoms. The summed E-state index contributed by atoms with van der Waals surface area (Å²) in [5, 5.41) is 14.1. The number of halogens is 1. The summed E-state index contributed by atoms with van der Waals surface area (Å²) >= 11 is 5.92. The van der Waals surface area contributed by atoms with Gasteiger partial charge in [-0.25, -0.2) is 0 Å². The van der Waals surface area contributed by atoms with Gasteiger partial charge in [0.05, 0.1) is 17.6 Å². The Morgan fingerprint density at radius 3 is 2.73 bits per heavy atom. The molecule has 0 bridgehead atoms. The molecule has 116 valence electrons. The van der Waals surface area contributed by atoms with E-state index in [1.54, 1.807) is 19.2 Å². The number of ether oxygens (including phenoxy) is 1. The van der Waals surface area contributed by atoms with Gasteiger partial charge in [0.25, 0.3) is 0 Å². The molecule has 0 saturated heterocycles. The number of fused-ring (bicyclic) bond motifs is 1. The summed E-state index contributed by atoms with van der Waals surface area (Å²) in [6, 6.07) is 7.31. The van der Waals surface area contributed by atoms with Crippen molar-refractivity contribution >= 4 is 17.6 Å². The second-order valence-corrected chi connectivity index (χ2v) is 5.85. The third-order valence-electron chi connectivity index (χ3n) is 4.09. The highest BCUT2D eigenvalue weighted by atomic mass is 35.5. The molecule has 1 aromatic heterocycles. The van der Waals surface area contributed by atoms with Crippen LogP contribution in [0, 0.1) is 5.92 Å². The lowest BCUT2D eigenvalue weighted by molar-refractivity contribution is -0.142. The van der Waals surface area contributed by atoms with E-state index < -0.39 is 11.9 Å². The fourth-order valence-corrected chi connectivity index (χ4v) is 3.02. The molecular formula is C16H16ClNO4. The number of carbonyl (C=O) groups is 1. The molecule has 1 aliphatic rings. The van der Waals surface area contributed by atoms with Crippen LogP contribution >= 0.6 is 11.6 Å². The van der Waals surface area contributed by atoms with E-state index >= 15 is 0 Å². The zero-order chi connectivity index (χ0) is 15.7. The van der Waals surface area contributed by atoms with E-state index in [-0.39, 0.29) is 6.10 Å². The largest absolute Gasteiger partial charge is 0.481 e. The number of hydrogen-bond donors (Lipinski definition) is 1. The Morgan fingerprint density at radius 1 is 1.36 bits per heavy atom. The number of methoxy groups -OCH3 is 1. The summed E-state index contributed by atoms with van der Waals surface area (Å²) in [6.07, 6.45) is 1.31. The van der Waals surface area contributed by atoms with Gasteiger partial charge in [-0.2, -0.15) is 0 Å². The van der Waals surface area contributed by atoms with Gasteiger partial charge in [-0.1, -0.05) is 28.9 Å². The van der Waals surface area contributed by atoms with Crippen molar-refractivity contribution in [2.45, 2.75) is 25.4 Å². The van der Waals surface area contributed by atoms with Crippen LogP contribution in [-0.4, -0.2) is 23.3 Å². The number of hydrogen-bond acceptors (Lipinski definition) is 4. The second kappa shape index (κ2) is 6.10. The molecule has 1 heterocycles. The number of benzene rings is 1. The van der Waals surface area contributed by atoms with Gasteiger partial charge in [0.15, 0.2) is 0 Å². The molecule has 0 unspecified atom stereocenters. The molecule has 3 rings (SSSR count). The first-order chi connectivity index (χ1) is 10.6. The minimum Gasteiger partial charge on any atom is -0.481 e. The van der Waals surface area contributed by atoms with Gasteiger partial charge >= 0.3 is 5.97 Å². The van der Waals surface area contributed by atoms with Crippen molar-refractivity contribution in [2.24, 2.45) is 5.92 Å². The molecule has 0 spiro atoms. The minimum atomic E-state index is -0.813. The maximum Gasteiger partial charge on any atom is 0.306 e. The Labute approximate surface area is 132 Å². The first kappa shape index (κ1) is 15.1. The SMILES string of the molecule is CO[C@@H]1CC[C@@H](C(=O)O)Cc2onc(-c3ccc(Cl)cc3)c21. The van der Waals surface area contributed by atoms with E-state index in [1.165, 1.54) is 0 Å². The molecule has 0 radical (unpaired) electrons. The van der Waals surface area contributed by atoms with Crippen molar-refractivity contribution in [3.05, 3.63) is 40.6 Å².